The summed E-state index contributed by atoms with van der Waals surface area (Å²) in [5.41, 5.74) is 6.08. The number of benzene rings is 4. The van der Waals surface area contributed by atoms with Crippen LogP contribution in [0.2, 0.25) is 5.02 Å². The standard InChI is InChI=1S/C43H43ClN2O5/c1-29-38(41(47)46-24-21-34(22-25-46)42(48)51-28-31-13-6-3-7-14-31)40(35-19-12-20-36(44)27-35)39(30(2)45-29)43(49)50-26-23-37(32-15-8-4-9-16-32)33-17-10-5-11-18-33/h3-20,27,34,37,40,45H,21-26,28H2,1-2H3. The molecule has 2 aliphatic heterocycles. The summed E-state index contributed by atoms with van der Waals surface area (Å²) >= 11 is 6.48. The minimum Gasteiger partial charge on any atom is -0.462 e. The topological polar surface area (TPSA) is 84.9 Å². The highest BCUT2D eigenvalue weighted by atomic mass is 35.5. The van der Waals surface area contributed by atoms with Gasteiger partial charge < -0.3 is 19.7 Å². The third-order valence-electron chi connectivity index (χ3n) is 9.78. The number of carbonyl (C=O) groups excluding carboxylic acids is 3. The van der Waals surface area contributed by atoms with Crippen LogP contribution >= 0.6 is 11.6 Å². The predicted octanol–water partition coefficient (Wildman–Crippen LogP) is 8.32. The van der Waals surface area contributed by atoms with Gasteiger partial charge in [-0.2, -0.15) is 0 Å². The molecule has 0 aliphatic carbocycles. The molecule has 0 spiro atoms. The summed E-state index contributed by atoms with van der Waals surface area (Å²) in [7, 11) is 0. The lowest BCUT2D eigenvalue weighted by Crippen LogP contribution is -2.44. The van der Waals surface area contributed by atoms with Crippen LogP contribution in [0.4, 0.5) is 0 Å². The number of nitrogens with one attached hydrogen (secondary N) is 1. The molecule has 1 amide bonds. The Hall–Kier alpha value is -5.14. The molecule has 1 fully saturated rings. The average molecular weight is 703 g/mol. The molecule has 1 atom stereocenters. The molecule has 7 nitrogen and oxygen atoms in total. The first-order valence-electron chi connectivity index (χ1n) is 17.5. The summed E-state index contributed by atoms with van der Waals surface area (Å²) in [6, 6.07) is 37.3. The number of hydrogen-bond donors (Lipinski definition) is 1. The molecule has 0 saturated carbocycles. The summed E-state index contributed by atoms with van der Waals surface area (Å²) in [6.07, 6.45) is 1.58. The van der Waals surface area contributed by atoms with E-state index in [9.17, 15) is 14.4 Å². The number of esters is 2. The molecule has 4 aromatic rings. The van der Waals surface area contributed by atoms with Crippen molar-refractivity contribution in [3.05, 3.63) is 165 Å². The highest BCUT2D eigenvalue weighted by Crippen LogP contribution is 2.41. The van der Waals surface area contributed by atoms with Crippen molar-refractivity contribution in [1.82, 2.24) is 10.2 Å². The van der Waals surface area contributed by atoms with Crippen molar-refractivity contribution in [3.8, 4) is 0 Å². The van der Waals surface area contributed by atoms with E-state index in [0.717, 1.165) is 22.3 Å². The van der Waals surface area contributed by atoms with E-state index in [1.807, 2.05) is 92.7 Å². The highest BCUT2D eigenvalue weighted by Gasteiger charge is 2.40. The number of carbonyl (C=O) groups is 3. The number of hydrogen-bond acceptors (Lipinski definition) is 6. The van der Waals surface area contributed by atoms with Crippen LogP contribution in [-0.2, 0) is 30.5 Å². The zero-order valence-corrected chi connectivity index (χ0v) is 29.8. The fourth-order valence-electron chi connectivity index (χ4n) is 7.15. The van der Waals surface area contributed by atoms with Gasteiger partial charge in [0.2, 0.25) is 0 Å². The number of nitrogens with zero attached hydrogens (tertiary/aromatic N) is 1. The first kappa shape index (κ1) is 35.7. The van der Waals surface area contributed by atoms with Crippen LogP contribution in [0, 0.1) is 5.92 Å². The molecule has 8 heteroatoms. The number of halogens is 1. The van der Waals surface area contributed by atoms with Crippen molar-refractivity contribution >= 4 is 29.4 Å². The second-order valence-electron chi connectivity index (χ2n) is 13.1. The van der Waals surface area contributed by atoms with Gasteiger partial charge in [0.1, 0.15) is 6.61 Å². The number of ether oxygens (including phenoxy) is 2. The smallest absolute Gasteiger partial charge is 0.336 e. The van der Waals surface area contributed by atoms with Crippen molar-refractivity contribution in [2.45, 2.75) is 51.6 Å². The number of rotatable bonds is 11. The Morgan fingerprint density at radius 3 is 1.96 bits per heavy atom. The molecule has 2 aliphatic rings. The summed E-state index contributed by atoms with van der Waals surface area (Å²) in [5, 5.41) is 3.81. The molecule has 0 bridgehead atoms. The quantitative estimate of drug-likeness (QED) is 0.158. The van der Waals surface area contributed by atoms with Gasteiger partial charge in [-0.25, -0.2) is 4.79 Å². The van der Waals surface area contributed by atoms with Gasteiger partial charge >= 0.3 is 11.9 Å². The summed E-state index contributed by atoms with van der Waals surface area (Å²) in [4.78, 5) is 43.2. The van der Waals surface area contributed by atoms with E-state index in [1.165, 1.54) is 0 Å². The van der Waals surface area contributed by atoms with Gasteiger partial charge in [0.05, 0.1) is 24.0 Å². The summed E-state index contributed by atoms with van der Waals surface area (Å²) in [6.45, 7) is 4.89. The monoisotopic (exact) mass is 702 g/mol. The Morgan fingerprint density at radius 1 is 0.765 bits per heavy atom. The van der Waals surface area contributed by atoms with E-state index in [-0.39, 0.29) is 36.9 Å². The number of piperidine rings is 1. The average Bonchev–Trinajstić information content (AvgIpc) is 3.16. The maximum Gasteiger partial charge on any atom is 0.336 e. The second-order valence-corrected chi connectivity index (χ2v) is 13.6. The zero-order chi connectivity index (χ0) is 35.7. The molecule has 4 aromatic carbocycles. The molecule has 51 heavy (non-hydrogen) atoms. The first-order valence-corrected chi connectivity index (χ1v) is 17.9. The van der Waals surface area contributed by atoms with Gasteiger partial charge in [-0.05, 0) is 67.5 Å². The van der Waals surface area contributed by atoms with Gasteiger partial charge in [-0.1, -0.05) is 115 Å². The Morgan fingerprint density at radius 2 is 1.35 bits per heavy atom. The lowest BCUT2D eigenvalue weighted by atomic mass is 9.79. The Labute approximate surface area is 304 Å². The molecular weight excluding hydrogens is 660 g/mol. The van der Waals surface area contributed by atoms with Crippen molar-refractivity contribution in [2.24, 2.45) is 5.92 Å². The number of allylic oxidation sites excluding steroid dienone is 2. The van der Waals surface area contributed by atoms with Crippen LogP contribution < -0.4 is 5.32 Å². The van der Waals surface area contributed by atoms with Crippen molar-refractivity contribution in [2.75, 3.05) is 19.7 Å². The number of amides is 1. The normalized spacial score (nSPS) is 16.5. The van der Waals surface area contributed by atoms with E-state index < -0.39 is 11.9 Å². The molecular formula is C43H43ClN2O5. The molecule has 1 unspecified atom stereocenters. The number of likely N-dealkylation sites (tertiary alicyclic amines) is 1. The summed E-state index contributed by atoms with van der Waals surface area (Å²) in [5.74, 6) is -1.86. The van der Waals surface area contributed by atoms with Gasteiger partial charge in [-0.3, -0.25) is 9.59 Å². The molecule has 0 aromatic heterocycles. The lowest BCUT2D eigenvalue weighted by molar-refractivity contribution is -0.152. The highest BCUT2D eigenvalue weighted by molar-refractivity contribution is 6.30. The van der Waals surface area contributed by atoms with Crippen LogP contribution in [0.3, 0.4) is 0 Å². The van der Waals surface area contributed by atoms with E-state index >= 15 is 0 Å². The minimum absolute atomic E-state index is 0.0429. The first-order chi connectivity index (χ1) is 24.8. The minimum atomic E-state index is -0.697. The molecule has 0 radical (unpaired) electrons. The SMILES string of the molecule is CC1=C(C(=O)OCCC(c2ccccc2)c2ccccc2)C(c2cccc(Cl)c2)C(C(=O)N2CCC(C(=O)OCc3ccccc3)CC2)=C(C)N1. The zero-order valence-electron chi connectivity index (χ0n) is 29.0. The molecule has 262 valence electrons. The maximum absolute atomic E-state index is 14.4. The van der Waals surface area contributed by atoms with Gasteiger partial charge in [0.15, 0.2) is 0 Å². The van der Waals surface area contributed by atoms with Crippen molar-refractivity contribution < 1.29 is 23.9 Å². The largest absolute Gasteiger partial charge is 0.462 e. The van der Waals surface area contributed by atoms with E-state index in [4.69, 9.17) is 21.1 Å². The van der Waals surface area contributed by atoms with Gasteiger partial charge in [-0.15, -0.1) is 0 Å². The van der Waals surface area contributed by atoms with Gasteiger partial charge in [0, 0.05) is 41.0 Å². The van der Waals surface area contributed by atoms with E-state index in [1.54, 1.807) is 17.0 Å². The molecule has 6 rings (SSSR count). The molecule has 1 saturated heterocycles. The van der Waals surface area contributed by atoms with Crippen molar-refractivity contribution in [3.63, 3.8) is 0 Å². The van der Waals surface area contributed by atoms with Crippen LogP contribution in [-0.4, -0.2) is 42.4 Å². The second kappa shape index (κ2) is 16.7. The van der Waals surface area contributed by atoms with E-state index in [2.05, 4.69) is 29.6 Å². The number of dihydropyridines is 1. The fraction of sp³-hybridized carbons (Fsp3) is 0.279. The summed E-state index contributed by atoms with van der Waals surface area (Å²) < 4.78 is 11.6. The third kappa shape index (κ3) is 8.61. The van der Waals surface area contributed by atoms with Crippen LogP contribution in [0.15, 0.2) is 138 Å². The van der Waals surface area contributed by atoms with Crippen LogP contribution in [0.25, 0.3) is 0 Å². The van der Waals surface area contributed by atoms with E-state index in [0.29, 0.717) is 59.9 Å². The third-order valence-corrected chi connectivity index (χ3v) is 10.0. The molecule has 2 heterocycles. The Bertz CT molecular complexity index is 1860. The lowest BCUT2D eigenvalue weighted by Gasteiger charge is -2.36. The fourth-order valence-corrected chi connectivity index (χ4v) is 7.35. The Balaban J connectivity index is 1.18. The van der Waals surface area contributed by atoms with Crippen LogP contribution in [0.1, 0.15) is 67.2 Å². The van der Waals surface area contributed by atoms with Crippen LogP contribution in [0.5, 0.6) is 0 Å². The Kier molecular flexibility index (Phi) is 11.7. The van der Waals surface area contributed by atoms with Crippen molar-refractivity contribution in [1.29, 1.82) is 0 Å². The maximum atomic E-state index is 14.4. The molecule has 1 N–H and O–H groups in total. The predicted molar refractivity (Wildman–Crippen MR) is 199 cm³/mol. The van der Waals surface area contributed by atoms with Gasteiger partial charge in [0.25, 0.3) is 5.91 Å².